The van der Waals surface area contributed by atoms with Gasteiger partial charge in [-0.1, -0.05) is 35.4 Å². The Labute approximate surface area is 147 Å². The molecule has 0 aliphatic heterocycles. The van der Waals surface area contributed by atoms with Gasteiger partial charge in [-0.2, -0.15) is 5.10 Å². The summed E-state index contributed by atoms with van der Waals surface area (Å²) >= 11 is 6.06. The van der Waals surface area contributed by atoms with Gasteiger partial charge in [-0.05, 0) is 56.5 Å². The van der Waals surface area contributed by atoms with Gasteiger partial charge < -0.3 is 5.32 Å². The zero-order chi connectivity index (χ0) is 17.7. The first kappa shape index (κ1) is 18.0. The highest BCUT2D eigenvalue weighted by Crippen LogP contribution is 2.22. The quantitative estimate of drug-likeness (QED) is 0.633. The van der Waals surface area contributed by atoms with Crippen molar-refractivity contribution < 1.29 is 4.79 Å². The number of carbonyl (C=O) groups excluding carboxylic acids is 1. The van der Waals surface area contributed by atoms with Crippen molar-refractivity contribution in [3.63, 3.8) is 0 Å². The minimum absolute atomic E-state index is 0.129. The van der Waals surface area contributed by atoms with E-state index in [1.165, 1.54) is 5.56 Å². The summed E-state index contributed by atoms with van der Waals surface area (Å²) in [5.74, 6) is -0.215. The number of hydrogen-bond acceptors (Lipinski definition) is 3. The molecule has 2 N–H and O–H groups in total. The van der Waals surface area contributed by atoms with Crippen molar-refractivity contribution in [3.8, 4) is 0 Å². The third-order valence-electron chi connectivity index (χ3n) is 3.83. The number of carbonyl (C=O) groups is 1. The number of amides is 1. The van der Waals surface area contributed by atoms with Crippen molar-refractivity contribution in [2.75, 3.05) is 11.9 Å². The van der Waals surface area contributed by atoms with Crippen molar-refractivity contribution in [2.45, 2.75) is 27.7 Å². The van der Waals surface area contributed by atoms with Gasteiger partial charge in [0.15, 0.2) is 0 Å². The molecule has 0 saturated heterocycles. The summed E-state index contributed by atoms with van der Waals surface area (Å²) in [6.07, 6.45) is 1.69. The first-order valence-electron chi connectivity index (χ1n) is 7.77. The Kier molecular flexibility index (Phi) is 5.99. The van der Waals surface area contributed by atoms with Crippen LogP contribution in [0.1, 0.15) is 27.8 Å². The van der Waals surface area contributed by atoms with Crippen LogP contribution in [0, 0.1) is 27.7 Å². The zero-order valence-electron chi connectivity index (χ0n) is 14.4. The third-order valence-corrected chi connectivity index (χ3v) is 4.24. The predicted octanol–water partition coefficient (Wildman–Crippen LogP) is 4.14. The second-order valence-corrected chi connectivity index (χ2v) is 6.28. The van der Waals surface area contributed by atoms with E-state index in [9.17, 15) is 4.79 Å². The average Bonchev–Trinajstić information content (AvgIpc) is 2.51. The fraction of sp³-hybridized carbons (Fsp3) is 0.263. The summed E-state index contributed by atoms with van der Waals surface area (Å²) in [6, 6.07) is 9.74. The molecule has 2 aromatic carbocycles. The number of halogens is 1. The Morgan fingerprint density at radius 1 is 1.17 bits per heavy atom. The van der Waals surface area contributed by atoms with Crippen LogP contribution in [0.15, 0.2) is 35.4 Å². The van der Waals surface area contributed by atoms with Gasteiger partial charge in [-0.25, -0.2) is 5.43 Å². The van der Waals surface area contributed by atoms with Crippen LogP contribution in [0.25, 0.3) is 0 Å². The van der Waals surface area contributed by atoms with Gasteiger partial charge in [0.2, 0.25) is 0 Å². The molecule has 126 valence electrons. The van der Waals surface area contributed by atoms with Crippen LogP contribution in [0.3, 0.4) is 0 Å². The highest BCUT2D eigenvalue weighted by Gasteiger charge is 2.05. The van der Waals surface area contributed by atoms with Crippen molar-refractivity contribution in [3.05, 3.63) is 63.2 Å². The van der Waals surface area contributed by atoms with E-state index in [0.717, 1.165) is 27.9 Å². The van der Waals surface area contributed by atoms with Gasteiger partial charge in [-0.15, -0.1) is 0 Å². The molecule has 0 aromatic heterocycles. The van der Waals surface area contributed by atoms with Gasteiger partial charge in [0.1, 0.15) is 0 Å². The molecule has 0 heterocycles. The Morgan fingerprint density at radius 2 is 1.83 bits per heavy atom. The maximum absolute atomic E-state index is 11.9. The number of nitrogens with zero attached hydrogens (tertiary/aromatic N) is 1. The van der Waals surface area contributed by atoms with Crippen molar-refractivity contribution in [2.24, 2.45) is 5.10 Å². The lowest BCUT2D eigenvalue weighted by atomic mass is 10.0. The highest BCUT2D eigenvalue weighted by molar-refractivity contribution is 6.31. The molecule has 24 heavy (non-hydrogen) atoms. The average molecular weight is 344 g/mol. The molecule has 0 spiro atoms. The Bertz CT molecular complexity index is 761. The lowest BCUT2D eigenvalue weighted by molar-refractivity contribution is -0.119. The van der Waals surface area contributed by atoms with E-state index >= 15 is 0 Å². The molecule has 0 unspecified atom stereocenters. The van der Waals surface area contributed by atoms with E-state index in [1.54, 1.807) is 6.21 Å². The van der Waals surface area contributed by atoms with E-state index in [-0.39, 0.29) is 12.5 Å². The van der Waals surface area contributed by atoms with Crippen molar-refractivity contribution in [1.29, 1.82) is 0 Å². The monoisotopic (exact) mass is 343 g/mol. The molecular weight excluding hydrogens is 322 g/mol. The van der Waals surface area contributed by atoms with Gasteiger partial charge >= 0.3 is 0 Å². The van der Waals surface area contributed by atoms with Crippen molar-refractivity contribution >= 4 is 29.4 Å². The van der Waals surface area contributed by atoms with E-state index in [4.69, 9.17) is 11.6 Å². The van der Waals surface area contributed by atoms with Crippen LogP contribution in [0.2, 0.25) is 5.02 Å². The maximum Gasteiger partial charge on any atom is 0.259 e. The van der Waals surface area contributed by atoms with Crippen LogP contribution < -0.4 is 10.7 Å². The van der Waals surface area contributed by atoms with E-state index in [2.05, 4.69) is 34.9 Å². The Balaban J connectivity index is 1.93. The molecule has 5 heteroatoms. The summed E-state index contributed by atoms with van der Waals surface area (Å²) in [5.41, 5.74) is 8.81. The second-order valence-electron chi connectivity index (χ2n) is 5.87. The molecular formula is C19H22ClN3O. The van der Waals surface area contributed by atoms with Gasteiger partial charge in [-0.3, -0.25) is 4.79 Å². The highest BCUT2D eigenvalue weighted by atomic mass is 35.5. The fourth-order valence-corrected chi connectivity index (χ4v) is 2.75. The number of hydrogen-bond donors (Lipinski definition) is 2. The maximum atomic E-state index is 11.9. The standard InChI is InChI=1S/C19H22ClN3O/c1-12-8-13(2)16(14(3)9-12)10-22-23-19(24)11-21-18-7-5-6-17(20)15(18)4/h5-10,21H,11H2,1-4H3,(H,23,24)/b22-10+. The van der Waals surface area contributed by atoms with E-state index in [0.29, 0.717) is 5.02 Å². The lowest BCUT2D eigenvalue weighted by Crippen LogP contribution is -2.26. The number of nitrogens with one attached hydrogen (secondary N) is 2. The van der Waals surface area contributed by atoms with Crippen LogP contribution in [0.4, 0.5) is 5.69 Å². The van der Waals surface area contributed by atoms with Crippen LogP contribution >= 0.6 is 11.6 Å². The molecule has 0 fully saturated rings. The van der Waals surface area contributed by atoms with Gasteiger partial charge in [0, 0.05) is 16.3 Å². The topological polar surface area (TPSA) is 53.5 Å². The SMILES string of the molecule is Cc1cc(C)c(/C=N/NC(=O)CNc2cccc(Cl)c2C)c(C)c1. The molecule has 0 saturated carbocycles. The summed E-state index contributed by atoms with van der Waals surface area (Å²) in [4.78, 5) is 11.9. The minimum atomic E-state index is -0.215. The number of hydrazone groups is 1. The van der Waals surface area contributed by atoms with Gasteiger partial charge in [0.05, 0.1) is 12.8 Å². The molecule has 2 aromatic rings. The fourth-order valence-electron chi connectivity index (χ4n) is 2.58. The molecule has 4 nitrogen and oxygen atoms in total. The van der Waals surface area contributed by atoms with Gasteiger partial charge in [0.25, 0.3) is 5.91 Å². The Morgan fingerprint density at radius 3 is 2.50 bits per heavy atom. The summed E-state index contributed by atoms with van der Waals surface area (Å²) < 4.78 is 0. The number of anilines is 1. The normalized spacial score (nSPS) is 10.9. The minimum Gasteiger partial charge on any atom is -0.376 e. The first-order valence-corrected chi connectivity index (χ1v) is 8.15. The molecule has 0 bridgehead atoms. The third kappa shape index (κ3) is 4.59. The molecule has 0 atom stereocenters. The van der Waals surface area contributed by atoms with Crippen LogP contribution in [-0.2, 0) is 4.79 Å². The molecule has 0 radical (unpaired) electrons. The van der Waals surface area contributed by atoms with Crippen LogP contribution in [0.5, 0.6) is 0 Å². The zero-order valence-corrected chi connectivity index (χ0v) is 15.2. The summed E-state index contributed by atoms with van der Waals surface area (Å²) in [7, 11) is 0. The lowest BCUT2D eigenvalue weighted by Gasteiger charge is -2.10. The summed E-state index contributed by atoms with van der Waals surface area (Å²) in [6.45, 7) is 8.17. The smallest absolute Gasteiger partial charge is 0.259 e. The van der Waals surface area contributed by atoms with E-state index in [1.807, 2.05) is 39.0 Å². The molecule has 0 aliphatic carbocycles. The largest absolute Gasteiger partial charge is 0.376 e. The summed E-state index contributed by atoms with van der Waals surface area (Å²) in [5, 5.41) is 7.79. The van der Waals surface area contributed by atoms with E-state index < -0.39 is 0 Å². The first-order chi connectivity index (χ1) is 11.4. The predicted molar refractivity (Wildman–Crippen MR) is 101 cm³/mol. The number of benzene rings is 2. The van der Waals surface area contributed by atoms with Crippen LogP contribution in [-0.4, -0.2) is 18.7 Å². The Hall–Kier alpha value is -2.33. The molecule has 0 aliphatic rings. The number of rotatable bonds is 5. The second kappa shape index (κ2) is 7.97. The number of aryl methyl sites for hydroxylation is 3. The molecule has 2 rings (SSSR count). The molecule has 1 amide bonds. The van der Waals surface area contributed by atoms with Crippen molar-refractivity contribution in [1.82, 2.24) is 5.43 Å².